The largest absolute Gasteiger partial charge is 0.399 e. The van der Waals surface area contributed by atoms with Gasteiger partial charge >= 0.3 is 0 Å². The number of carbonyl (C=O) groups is 1. The van der Waals surface area contributed by atoms with Gasteiger partial charge in [-0.3, -0.25) is 4.79 Å². The van der Waals surface area contributed by atoms with Gasteiger partial charge in [-0.05, 0) is 43.2 Å². The van der Waals surface area contributed by atoms with Gasteiger partial charge in [0.25, 0.3) is 5.91 Å². The fraction of sp³-hybridized carbons (Fsp3) is 0.235. The van der Waals surface area contributed by atoms with Crippen LogP contribution in [-0.4, -0.2) is 18.6 Å². The number of hydrogen-bond acceptors (Lipinski definition) is 3. The zero-order valence-corrected chi connectivity index (χ0v) is 12.1. The first-order valence-electron chi connectivity index (χ1n) is 6.97. The molecule has 0 aliphatic carbocycles. The molecule has 0 aliphatic heterocycles. The molecule has 0 spiro atoms. The van der Waals surface area contributed by atoms with Gasteiger partial charge in [-0.25, -0.2) is 0 Å². The molecule has 2 aromatic carbocycles. The molecular formula is C17H20N2O2. The Morgan fingerprint density at radius 2 is 1.81 bits per heavy atom. The molecule has 2 rings (SSSR count). The van der Waals surface area contributed by atoms with E-state index >= 15 is 0 Å². The van der Waals surface area contributed by atoms with Crippen LogP contribution in [0.3, 0.4) is 0 Å². The number of amides is 1. The van der Waals surface area contributed by atoms with Crippen LogP contribution >= 0.6 is 0 Å². The van der Waals surface area contributed by atoms with Gasteiger partial charge in [0.15, 0.2) is 0 Å². The van der Waals surface area contributed by atoms with Gasteiger partial charge in [-0.15, -0.1) is 0 Å². The molecule has 21 heavy (non-hydrogen) atoms. The van der Waals surface area contributed by atoms with Crippen LogP contribution in [0.15, 0.2) is 54.6 Å². The second kappa shape index (κ2) is 7.45. The van der Waals surface area contributed by atoms with Crippen molar-refractivity contribution in [1.82, 2.24) is 0 Å². The molecule has 1 amide bonds. The lowest BCUT2D eigenvalue weighted by molar-refractivity contribution is -0.126. The number of nitrogen functional groups attached to an aromatic ring is 1. The third-order valence-electron chi connectivity index (χ3n) is 3.15. The Morgan fingerprint density at radius 3 is 2.48 bits per heavy atom. The Morgan fingerprint density at radius 1 is 1.14 bits per heavy atom. The summed E-state index contributed by atoms with van der Waals surface area (Å²) in [6, 6.07) is 17.1. The van der Waals surface area contributed by atoms with Crippen molar-refractivity contribution in [2.75, 3.05) is 17.7 Å². The second-order valence-corrected chi connectivity index (χ2v) is 4.86. The van der Waals surface area contributed by atoms with Gasteiger partial charge in [0.1, 0.15) is 6.10 Å². The van der Waals surface area contributed by atoms with Crippen LogP contribution in [0.5, 0.6) is 0 Å². The van der Waals surface area contributed by atoms with Crippen LogP contribution in [-0.2, 0) is 16.0 Å². The molecule has 0 heterocycles. The summed E-state index contributed by atoms with van der Waals surface area (Å²) in [6.45, 7) is 2.26. The minimum Gasteiger partial charge on any atom is -0.399 e. The Kier molecular flexibility index (Phi) is 5.35. The van der Waals surface area contributed by atoms with Gasteiger partial charge in [0.2, 0.25) is 0 Å². The lowest BCUT2D eigenvalue weighted by Gasteiger charge is -2.13. The summed E-state index contributed by atoms with van der Waals surface area (Å²) in [5, 5.41) is 2.80. The summed E-state index contributed by atoms with van der Waals surface area (Å²) < 4.78 is 5.57. The van der Waals surface area contributed by atoms with E-state index in [-0.39, 0.29) is 5.91 Å². The summed E-state index contributed by atoms with van der Waals surface area (Å²) in [7, 11) is 0. The van der Waals surface area contributed by atoms with Gasteiger partial charge < -0.3 is 15.8 Å². The maximum absolute atomic E-state index is 12.0. The van der Waals surface area contributed by atoms with Gasteiger partial charge in [0.05, 0.1) is 6.61 Å². The average Bonchev–Trinajstić information content (AvgIpc) is 2.50. The minimum absolute atomic E-state index is 0.159. The number of anilines is 2. The van der Waals surface area contributed by atoms with E-state index in [4.69, 9.17) is 10.5 Å². The molecule has 2 aromatic rings. The number of ether oxygens (including phenoxy) is 1. The van der Waals surface area contributed by atoms with E-state index in [1.165, 1.54) is 5.56 Å². The Bertz CT molecular complexity index is 567. The van der Waals surface area contributed by atoms with Gasteiger partial charge in [-0.2, -0.15) is 0 Å². The average molecular weight is 284 g/mol. The molecule has 4 heteroatoms. The standard InChI is InChI=1S/C17H20N2O2/c1-13(21-12-11-14-5-3-2-4-6-14)17(20)19-16-9-7-15(18)8-10-16/h2-10,13H,11-12,18H2,1H3,(H,19,20). The number of rotatable bonds is 6. The van der Waals surface area contributed by atoms with E-state index in [2.05, 4.69) is 5.32 Å². The highest BCUT2D eigenvalue weighted by atomic mass is 16.5. The Hall–Kier alpha value is -2.33. The van der Waals surface area contributed by atoms with Crippen LogP contribution in [0.1, 0.15) is 12.5 Å². The molecule has 0 aromatic heterocycles. The number of carbonyl (C=O) groups excluding carboxylic acids is 1. The quantitative estimate of drug-likeness (QED) is 0.802. The maximum Gasteiger partial charge on any atom is 0.253 e. The lowest BCUT2D eigenvalue weighted by atomic mass is 10.2. The third-order valence-corrected chi connectivity index (χ3v) is 3.15. The number of nitrogens with one attached hydrogen (secondary N) is 1. The molecule has 0 saturated carbocycles. The molecule has 3 N–H and O–H groups in total. The van der Waals surface area contributed by atoms with Crippen LogP contribution in [0.2, 0.25) is 0 Å². The molecule has 110 valence electrons. The molecule has 0 fully saturated rings. The first-order valence-corrected chi connectivity index (χ1v) is 6.97. The summed E-state index contributed by atoms with van der Waals surface area (Å²) >= 11 is 0. The van der Waals surface area contributed by atoms with Crippen LogP contribution in [0.4, 0.5) is 11.4 Å². The molecule has 0 saturated heterocycles. The summed E-state index contributed by atoms with van der Waals surface area (Å²) in [4.78, 5) is 12.0. The molecular weight excluding hydrogens is 264 g/mol. The van der Waals surface area contributed by atoms with Gasteiger partial charge in [0, 0.05) is 11.4 Å². The lowest BCUT2D eigenvalue weighted by Crippen LogP contribution is -2.28. The molecule has 1 atom stereocenters. The first-order chi connectivity index (χ1) is 10.1. The third kappa shape index (κ3) is 4.93. The van der Waals surface area contributed by atoms with Crippen molar-refractivity contribution in [2.45, 2.75) is 19.4 Å². The van der Waals surface area contributed by atoms with E-state index in [1.807, 2.05) is 30.3 Å². The predicted molar refractivity (Wildman–Crippen MR) is 85.0 cm³/mol. The minimum atomic E-state index is -0.494. The Labute approximate surface area is 124 Å². The molecule has 0 aliphatic rings. The summed E-state index contributed by atoms with van der Waals surface area (Å²) in [5.41, 5.74) is 8.18. The Balaban J connectivity index is 1.76. The number of nitrogens with two attached hydrogens (primary N) is 1. The van der Waals surface area contributed by atoms with E-state index in [9.17, 15) is 4.79 Å². The fourth-order valence-corrected chi connectivity index (χ4v) is 1.88. The van der Waals surface area contributed by atoms with Crippen LogP contribution < -0.4 is 11.1 Å². The fourth-order valence-electron chi connectivity index (χ4n) is 1.88. The SMILES string of the molecule is CC(OCCc1ccccc1)C(=O)Nc1ccc(N)cc1. The van der Waals surface area contributed by atoms with E-state index in [1.54, 1.807) is 31.2 Å². The summed E-state index contributed by atoms with van der Waals surface area (Å²) in [5.74, 6) is -0.159. The van der Waals surface area contributed by atoms with Crippen molar-refractivity contribution in [1.29, 1.82) is 0 Å². The normalized spacial score (nSPS) is 11.9. The first kappa shape index (κ1) is 15.1. The van der Waals surface area contributed by atoms with Crippen molar-refractivity contribution in [3.8, 4) is 0 Å². The molecule has 1 unspecified atom stereocenters. The van der Waals surface area contributed by atoms with Crippen molar-refractivity contribution >= 4 is 17.3 Å². The molecule has 0 bridgehead atoms. The maximum atomic E-state index is 12.0. The monoisotopic (exact) mass is 284 g/mol. The highest BCUT2D eigenvalue weighted by Gasteiger charge is 2.13. The highest BCUT2D eigenvalue weighted by molar-refractivity contribution is 5.94. The highest BCUT2D eigenvalue weighted by Crippen LogP contribution is 2.11. The number of benzene rings is 2. The summed E-state index contributed by atoms with van der Waals surface area (Å²) in [6.07, 6.45) is 0.298. The molecule has 0 radical (unpaired) electrons. The van der Waals surface area contributed by atoms with Crippen LogP contribution in [0, 0.1) is 0 Å². The van der Waals surface area contributed by atoms with E-state index in [0.717, 1.165) is 6.42 Å². The van der Waals surface area contributed by atoms with E-state index in [0.29, 0.717) is 18.0 Å². The van der Waals surface area contributed by atoms with Crippen molar-refractivity contribution in [2.24, 2.45) is 0 Å². The zero-order chi connectivity index (χ0) is 15.1. The van der Waals surface area contributed by atoms with E-state index < -0.39 is 6.10 Å². The second-order valence-electron chi connectivity index (χ2n) is 4.86. The molecule has 4 nitrogen and oxygen atoms in total. The van der Waals surface area contributed by atoms with Crippen LogP contribution in [0.25, 0.3) is 0 Å². The predicted octanol–water partition coefficient (Wildman–Crippen LogP) is 2.86. The van der Waals surface area contributed by atoms with Gasteiger partial charge in [-0.1, -0.05) is 30.3 Å². The number of hydrogen-bond donors (Lipinski definition) is 2. The topological polar surface area (TPSA) is 64.3 Å². The zero-order valence-electron chi connectivity index (χ0n) is 12.1. The van der Waals surface area contributed by atoms with Crippen molar-refractivity contribution in [3.63, 3.8) is 0 Å². The van der Waals surface area contributed by atoms with Crippen molar-refractivity contribution in [3.05, 3.63) is 60.2 Å². The van der Waals surface area contributed by atoms with Crippen molar-refractivity contribution < 1.29 is 9.53 Å². The smallest absolute Gasteiger partial charge is 0.253 e.